The Hall–Kier alpha value is -0.0400. The maximum absolute atomic E-state index is 6.50. The number of unbranched alkanes of at least 4 members (excludes halogenated alkanes) is 2. The first-order valence-corrected chi connectivity index (χ1v) is 8.75. The summed E-state index contributed by atoms with van der Waals surface area (Å²) in [6.45, 7) is 5.64. The van der Waals surface area contributed by atoms with Crippen LogP contribution in [0, 0.1) is 16.2 Å². The van der Waals surface area contributed by atoms with E-state index in [-0.39, 0.29) is 0 Å². The van der Waals surface area contributed by atoms with Gasteiger partial charge in [0.1, 0.15) is 0 Å². The third kappa shape index (κ3) is 1.57. The van der Waals surface area contributed by atoms with E-state index < -0.39 is 0 Å². The Bertz CT molecular complexity index is 367. The van der Waals surface area contributed by atoms with Crippen LogP contribution in [0.3, 0.4) is 0 Å². The molecule has 0 N–H and O–H groups in total. The van der Waals surface area contributed by atoms with Crippen LogP contribution in [0.15, 0.2) is 0 Å². The summed E-state index contributed by atoms with van der Waals surface area (Å²) in [7, 11) is 0. The molecule has 5 rings (SSSR count). The van der Waals surface area contributed by atoms with Gasteiger partial charge >= 0.3 is 0 Å². The fourth-order valence-corrected chi connectivity index (χ4v) is 6.86. The van der Waals surface area contributed by atoms with E-state index in [1.54, 1.807) is 19.3 Å². The lowest BCUT2D eigenvalue weighted by Crippen LogP contribution is -2.46. The Kier molecular flexibility index (Phi) is 2.52. The Morgan fingerprint density at radius 1 is 0.789 bits per heavy atom. The highest BCUT2D eigenvalue weighted by Gasteiger charge is 2.85. The molecule has 5 saturated carbocycles. The van der Waals surface area contributed by atoms with Gasteiger partial charge in [0, 0.05) is 6.61 Å². The van der Waals surface area contributed by atoms with Crippen LogP contribution >= 0.6 is 0 Å². The van der Waals surface area contributed by atoms with Gasteiger partial charge in [-0.2, -0.15) is 0 Å². The maximum Gasteiger partial charge on any atom is 0.0698 e. The van der Waals surface area contributed by atoms with Gasteiger partial charge in [-0.1, -0.05) is 33.1 Å². The Balaban J connectivity index is 1.51. The summed E-state index contributed by atoms with van der Waals surface area (Å²) in [6.07, 6.45) is 15.8. The zero-order chi connectivity index (χ0) is 13.2. The van der Waals surface area contributed by atoms with Gasteiger partial charge in [0.2, 0.25) is 0 Å². The van der Waals surface area contributed by atoms with Crippen molar-refractivity contribution in [2.24, 2.45) is 16.2 Å². The molecule has 0 heterocycles. The molecule has 2 unspecified atom stereocenters. The summed E-state index contributed by atoms with van der Waals surface area (Å²) in [5.41, 5.74) is 2.57. The first-order chi connectivity index (χ1) is 9.11. The van der Waals surface area contributed by atoms with Crippen LogP contribution in [0.2, 0.25) is 0 Å². The summed E-state index contributed by atoms with van der Waals surface area (Å²) < 4.78 is 6.50. The van der Waals surface area contributed by atoms with Crippen LogP contribution < -0.4 is 0 Å². The van der Waals surface area contributed by atoms with Gasteiger partial charge in [0.05, 0.1) is 5.60 Å². The summed E-state index contributed by atoms with van der Waals surface area (Å²) in [6, 6.07) is 0. The third-order valence-corrected chi connectivity index (χ3v) is 7.09. The van der Waals surface area contributed by atoms with Crippen molar-refractivity contribution in [1.82, 2.24) is 0 Å². The number of rotatable bonds is 7. The van der Waals surface area contributed by atoms with E-state index in [0.29, 0.717) is 11.0 Å². The van der Waals surface area contributed by atoms with Gasteiger partial charge < -0.3 is 4.74 Å². The van der Waals surface area contributed by atoms with E-state index in [4.69, 9.17) is 4.74 Å². The molecular formula is C18H30O. The summed E-state index contributed by atoms with van der Waals surface area (Å²) >= 11 is 0. The average molecular weight is 262 g/mol. The third-order valence-electron chi connectivity index (χ3n) is 7.09. The minimum atomic E-state index is 0.331. The molecule has 5 aliphatic rings. The standard InChI is InChI=1S/C18H30O/c1-3-5-7-15-9-16-12-17(16,10-15)14-18(11-15,13-16)19-8-6-4-2/h3-14H2,1-2H3/t15?,16-,17+,18?. The molecule has 19 heavy (non-hydrogen) atoms. The van der Waals surface area contributed by atoms with Gasteiger partial charge in [-0.25, -0.2) is 0 Å². The molecule has 5 aliphatic carbocycles. The van der Waals surface area contributed by atoms with Crippen LogP contribution in [0.4, 0.5) is 0 Å². The predicted molar refractivity (Wildman–Crippen MR) is 78.1 cm³/mol. The molecule has 4 bridgehead atoms. The van der Waals surface area contributed by atoms with Crippen molar-refractivity contribution in [3.63, 3.8) is 0 Å². The van der Waals surface area contributed by atoms with Crippen molar-refractivity contribution >= 4 is 0 Å². The molecule has 1 heteroatoms. The van der Waals surface area contributed by atoms with Gasteiger partial charge in [-0.05, 0) is 67.6 Å². The number of hydrogen-bond donors (Lipinski definition) is 0. The second kappa shape index (κ2) is 3.78. The fourth-order valence-electron chi connectivity index (χ4n) is 6.86. The second-order valence-electron chi connectivity index (χ2n) is 8.61. The van der Waals surface area contributed by atoms with Crippen LogP contribution in [0.1, 0.15) is 84.5 Å². The van der Waals surface area contributed by atoms with E-state index in [0.717, 1.165) is 17.4 Å². The molecule has 0 aromatic rings. The van der Waals surface area contributed by atoms with E-state index in [1.807, 2.05) is 0 Å². The summed E-state index contributed by atoms with van der Waals surface area (Å²) in [5, 5.41) is 0. The predicted octanol–water partition coefficient (Wildman–Crippen LogP) is 5.09. The Morgan fingerprint density at radius 3 is 2.11 bits per heavy atom. The highest BCUT2D eigenvalue weighted by molar-refractivity contribution is 5.35. The van der Waals surface area contributed by atoms with E-state index in [9.17, 15) is 0 Å². The van der Waals surface area contributed by atoms with Crippen molar-refractivity contribution in [2.75, 3.05) is 6.61 Å². The largest absolute Gasteiger partial charge is 0.375 e. The molecule has 0 aromatic carbocycles. The quantitative estimate of drug-likeness (QED) is 0.581. The Morgan fingerprint density at radius 2 is 1.47 bits per heavy atom. The average Bonchev–Trinajstić information content (AvgIpc) is 2.74. The minimum absolute atomic E-state index is 0.331. The zero-order valence-electron chi connectivity index (χ0n) is 12.9. The molecule has 5 fully saturated rings. The normalized spacial score (nSPS) is 52.7. The van der Waals surface area contributed by atoms with Crippen molar-refractivity contribution in [3.05, 3.63) is 0 Å². The van der Waals surface area contributed by atoms with Crippen LogP contribution in [-0.4, -0.2) is 12.2 Å². The van der Waals surface area contributed by atoms with Gasteiger partial charge in [0.15, 0.2) is 0 Å². The number of hydrogen-bond acceptors (Lipinski definition) is 1. The van der Waals surface area contributed by atoms with Crippen molar-refractivity contribution in [1.29, 1.82) is 0 Å². The highest BCUT2D eigenvalue weighted by atomic mass is 16.5. The SMILES string of the molecule is CCCCOC12CC3(CCCC)C[C@]4(C1)C[C@@]4(C3)C2. The van der Waals surface area contributed by atoms with Gasteiger partial charge in [0.25, 0.3) is 0 Å². The molecule has 108 valence electrons. The van der Waals surface area contributed by atoms with Crippen molar-refractivity contribution in [3.8, 4) is 0 Å². The molecule has 0 aliphatic heterocycles. The van der Waals surface area contributed by atoms with Crippen LogP contribution in [-0.2, 0) is 4.74 Å². The summed E-state index contributed by atoms with van der Waals surface area (Å²) in [4.78, 5) is 0. The smallest absolute Gasteiger partial charge is 0.0698 e. The maximum atomic E-state index is 6.50. The highest BCUT2D eigenvalue weighted by Crippen LogP contribution is 2.91. The molecule has 2 spiro atoms. The molecule has 0 saturated heterocycles. The minimum Gasteiger partial charge on any atom is -0.375 e. The zero-order valence-corrected chi connectivity index (χ0v) is 12.9. The van der Waals surface area contributed by atoms with Crippen molar-refractivity contribution < 1.29 is 4.74 Å². The lowest BCUT2D eigenvalue weighted by atomic mass is 9.60. The van der Waals surface area contributed by atoms with E-state index in [2.05, 4.69) is 13.8 Å². The monoisotopic (exact) mass is 262 g/mol. The molecular weight excluding hydrogens is 232 g/mol. The summed E-state index contributed by atoms with van der Waals surface area (Å²) in [5.74, 6) is 0. The van der Waals surface area contributed by atoms with Crippen LogP contribution in [0.5, 0.6) is 0 Å². The molecule has 1 nitrogen and oxygen atoms in total. The molecule has 0 aromatic heterocycles. The molecule has 4 atom stereocenters. The second-order valence-corrected chi connectivity index (χ2v) is 8.61. The first-order valence-electron chi connectivity index (χ1n) is 8.75. The topological polar surface area (TPSA) is 9.23 Å². The lowest BCUT2D eigenvalue weighted by Gasteiger charge is -2.50. The van der Waals surface area contributed by atoms with Crippen molar-refractivity contribution in [2.45, 2.75) is 90.1 Å². The van der Waals surface area contributed by atoms with Crippen LogP contribution in [0.25, 0.3) is 0 Å². The first kappa shape index (κ1) is 12.7. The molecule has 0 amide bonds. The van der Waals surface area contributed by atoms with E-state index in [1.165, 1.54) is 51.4 Å². The van der Waals surface area contributed by atoms with Gasteiger partial charge in [-0.15, -0.1) is 0 Å². The number of ether oxygens (including phenoxy) is 1. The fraction of sp³-hybridized carbons (Fsp3) is 1.00. The Labute approximate surface area is 118 Å². The van der Waals surface area contributed by atoms with E-state index >= 15 is 0 Å². The lowest BCUT2D eigenvalue weighted by molar-refractivity contribution is -0.127. The van der Waals surface area contributed by atoms with Gasteiger partial charge in [-0.3, -0.25) is 0 Å². The molecule has 0 radical (unpaired) electrons.